The van der Waals surface area contributed by atoms with Gasteiger partial charge in [-0.2, -0.15) is 18.4 Å². The Morgan fingerprint density at radius 1 is 1.10 bits per heavy atom. The van der Waals surface area contributed by atoms with Crippen molar-refractivity contribution in [2.75, 3.05) is 56.5 Å². The summed E-state index contributed by atoms with van der Waals surface area (Å²) in [4.78, 5) is 29.7. The molecule has 3 rings (SSSR count). The largest absolute Gasteiger partial charge is 0.390 e. The first-order valence-electron chi connectivity index (χ1n) is 12.4. The SMILES string of the molecule is CN(CCC#N)C(=O)NCc1ccc(C(=O)Nc2ccc(Cl)cc2N2CCN(CCC(F)(F)F)CC2)c(F)c1F. The van der Waals surface area contributed by atoms with E-state index in [-0.39, 0.29) is 37.3 Å². The van der Waals surface area contributed by atoms with Crippen molar-refractivity contribution in [3.05, 3.63) is 58.1 Å². The number of hydrogen-bond donors (Lipinski definition) is 2. The van der Waals surface area contributed by atoms with Gasteiger partial charge in [0.05, 0.1) is 35.8 Å². The molecule has 2 aromatic rings. The van der Waals surface area contributed by atoms with E-state index in [2.05, 4.69) is 10.6 Å². The molecule has 0 atom stereocenters. The number of urea groups is 1. The van der Waals surface area contributed by atoms with Crippen LogP contribution in [0.2, 0.25) is 5.02 Å². The van der Waals surface area contributed by atoms with Gasteiger partial charge in [0.1, 0.15) is 0 Å². The number of carbonyl (C=O) groups is 2. The Hall–Kier alpha value is -3.63. The molecule has 1 heterocycles. The molecule has 14 heteroatoms. The lowest BCUT2D eigenvalue weighted by Crippen LogP contribution is -2.47. The smallest absolute Gasteiger partial charge is 0.367 e. The lowest BCUT2D eigenvalue weighted by molar-refractivity contribution is -0.138. The standard InChI is InChI=1S/C26H28ClF5N6O2/c1-36(9-2-8-33)25(40)34-16-17-3-5-19(23(29)22(17)28)24(39)35-20-6-4-18(27)15-21(20)38-13-11-37(12-14-38)10-7-26(30,31)32/h3-6,15H,2,7,9-14,16H2,1H3,(H,34,40)(H,35,39). The normalized spacial score (nSPS) is 14.0. The van der Waals surface area contributed by atoms with Crippen LogP contribution in [0.15, 0.2) is 30.3 Å². The molecule has 3 amide bonds. The molecule has 1 aliphatic heterocycles. The fourth-order valence-corrected chi connectivity index (χ4v) is 4.25. The van der Waals surface area contributed by atoms with E-state index in [0.29, 0.717) is 36.9 Å². The number of piperazine rings is 1. The van der Waals surface area contributed by atoms with E-state index in [1.165, 1.54) is 30.1 Å². The molecule has 1 saturated heterocycles. The van der Waals surface area contributed by atoms with Crippen LogP contribution >= 0.6 is 11.6 Å². The summed E-state index contributed by atoms with van der Waals surface area (Å²) in [5.41, 5.74) is 0.0370. The highest BCUT2D eigenvalue weighted by Gasteiger charge is 2.29. The topological polar surface area (TPSA) is 91.7 Å². The summed E-state index contributed by atoms with van der Waals surface area (Å²) in [6.45, 7) is 1.19. The van der Waals surface area contributed by atoms with E-state index in [4.69, 9.17) is 16.9 Å². The predicted octanol–water partition coefficient (Wildman–Crippen LogP) is 5.00. The molecule has 0 saturated carbocycles. The Bertz CT molecular complexity index is 1260. The Kier molecular flexibility index (Phi) is 10.5. The van der Waals surface area contributed by atoms with Crippen molar-refractivity contribution in [2.24, 2.45) is 0 Å². The predicted molar refractivity (Wildman–Crippen MR) is 140 cm³/mol. The first-order chi connectivity index (χ1) is 18.9. The fraction of sp³-hybridized carbons (Fsp3) is 0.423. The second-order valence-corrected chi connectivity index (χ2v) is 9.63. The number of rotatable bonds is 9. The number of amides is 3. The van der Waals surface area contributed by atoms with E-state index < -0.39 is 41.7 Å². The third-order valence-electron chi connectivity index (χ3n) is 6.38. The number of nitrogens with zero attached hydrogens (tertiary/aromatic N) is 4. The number of nitriles is 1. The van der Waals surface area contributed by atoms with Gasteiger partial charge in [-0.25, -0.2) is 13.6 Å². The molecule has 1 aliphatic rings. The molecule has 40 heavy (non-hydrogen) atoms. The lowest BCUT2D eigenvalue weighted by atomic mass is 10.1. The second-order valence-electron chi connectivity index (χ2n) is 9.20. The molecule has 216 valence electrons. The number of benzene rings is 2. The molecule has 2 N–H and O–H groups in total. The highest BCUT2D eigenvalue weighted by atomic mass is 35.5. The molecule has 1 fully saturated rings. The van der Waals surface area contributed by atoms with Gasteiger partial charge in [0.25, 0.3) is 5.91 Å². The minimum atomic E-state index is -4.24. The van der Waals surface area contributed by atoms with Crippen molar-refractivity contribution in [2.45, 2.75) is 25.6 Å². The summed E-state index contributed by atoms with van der Waals surface area (Å²) < 4.78 is 67.3. The number of anilines is 2. The first-order valence-corrected chi connectivity index (χ1v) is 12.7. The van der Waals surface area contributed by atoms with Gasteiger partial charge < -0.3 is 20.4 Å². The van der Waals surface area contributed by atoms with Gasteiger partial charge in [-0.3, -0.25) is 9.69 Å². The third-order valence-corrected chi connectivity index (χ3v) is 6.61. The molecule has 0 unspecified atom stereocenters. The van der Waals surface area contributed by atoms with Gasteiger partial charge in [-0.15, -0.1) is 0 Å². The molecule has 2 aromatic carbocycles. The van der Waals surface area contributed by atoms with Gasteiger partial charge in [-0.1, -0.05) is 17.7 Å². The van der Waals surface area contributed by atoms with Gasteiger partial charge in [0, 0.05) is 63.4 Å². The Morgan fingerprint density at radius 2 is 1.80 bits per heavy atom. The van der Waals surface area contributed by atoms with Crippen LogP contribution in [0.1, 0.15) is 28.8 Å². The second kappa shape index (κ2) is 13.6. The average molecular weight is 587 g/mol. The van der Waals surface area contributed by atoms with Crippen LogP contribution in [0.4, 0.5) is 38.1 Å². The van der Waals surface area contributed by atoms with E-state index in [1.807, 2.05) is 11.0 Å². The van der Waals surface area contributed by atoms with Crippen molar-refractivity contribution in [1.29, 1.82) is 5.26 Å². The van der Waals surface area contributed by atoms with Crippen molar-refractivity contribution in [3.63, 3.8) is 0 Å². The van der Waals surface area contributed by atoms with Crippen LogP contribution < -0.4 is 15.5 Å². The highest BCUT2D eigenvalue weighted by Crippen LogP contribution is 2.31. The van der Waals surface area contributed by atoms with Crippen molar-refractivity contribution >= 4 is 34.9 Å². The van der Waals surface area contributed by atoms with E-state index in [9.17, 15) is 31.5 Å². The van der Waals surface area contributed by atoms with Crippen LogP contribution in [0.3, 0.4) is 0 Å². The molecule has 0 spiro atoms. The maximum absolute atomic E-state index is 14.9. The highest BCUT2D eigenvalue weighted by molar-refractivity contribution is 6.31. The summed E-state index contributed by atoms with van der Waals surface area (Å²) in [5.74, 6) is -3.61. The third kappa shape index (κ3) is 8.43. The summed E-state index contributed by atoms with van der Waals surface area (Å²) >= 11 is 6.15. The maximum atomic E-state index is 14.9. The molecular weight excluding hydrogens is 559 g/mol. The van der Waals surface area contributed by atoms with E-state index >= 15 is 0 Å². The van der Waals surface area contributed by atoms with Crippen LogP contribution in [0.5, 0.6) is 0 Å². The van der Waals surface area contributed by atoms with E-state index in [1.54, 1.807) is 11.0 Å². The lowest BCUT2D eigenvalue weighted by Gasteiger charge is -2.37. The zero-order valence-electron chi connectivity index (χ0n) is 21.6. The number of halogens is 6. The van der Waals surface area contributed by atoms with Crippen molar-refractivity contribution in [1.82, 2.24) is 15.1 Å². The molecular formula is C26H28ClF5N6O2. The monoisotopic (exact) mass is 586 g/mol. The number of carbonyl (C=O) groups excluding carboxylic acids is 2. The Morgan fingerprint density at radius 3 is 2.45 bits per heavy atom. The Labute approximate surface area is 233 Å². The average Bonchev–Trinajstić information content (AvgIpc) is 2.92. The minimum Gasteiger partial charge on any atom is -0.367 e. The molecule has 0 aliphatic carbocycles. The Balaban J connectivity index is 1.67. The number of nitrogens with one attached hydrogen (secondary N) is 2. The number of alkyl halides is 3. The zero-order valence-corrected chi connectivity index (χ0v) is 22.4. The van der Waals surface area contributed by atoms with Crippen LogP contribution in [-0.2, 0) is 6.54 Å². The number of hydrogen-bond acceptors (Lipinski definition) is 5. The quantitative estimate of drug-likeness (QED) is 0.404. The molecule has 8 nitrogen and oxygen atoms in total. The van der Waals surface area contributed by atoms with Gasteiger partial charge >= 0.3 is 12.2 Å². The van der Waals surface area contributed by atoms with Crippen LogP contribution in [0, 0.1) is 23.0 Å². The zero-order chi connectivity index (χ0) is 29.4. The fourth-order valence-electron chi connectivity index (χ4n) is 4.09. The minimum absolute atomic E-state index is 0.112. The molecule has 0 aromatic heterocycles. The van der Waals surface area contributed by atoms with Gasteiger partial charge in [-0.05, 0) is 24.3 Å². The van der Waals surface area contributed by atoms with Gasteiger partial charge in [0.15, 0.2) is 11.6 Å². The van der Waals surface area contributed by atoms with E-state index in [0.717, 1.165) is 6.07 Å². The summed E-state index contributed by atoms with van der Waals surface area (Å²) in [6.07, 6.45) is -5.03. The summed E-state index contributed by atoms with van der Waals surface area (Å²) in [6, 6.07) is 8.21. The summed E-state index contributed by atoms with van der Waals surface area (Å²) in [5, 5.41) is 14.0. The van der Waals surface area contributed by atoms with Crippen molar-refractivity contribution in [3.8, 4) is 6.07 Å². The molecule has 0 bridgehead atoms. The first kappa shape index (κ1) is 30.9. The van der Waals surface area contributed by atoms with Gasteiger partial charge in [0.2, 0.25) is 0 Å². The van der Waals surface area contributed by atoms with Crippen molar-refractivity contribution < 1.29 is 31.5 Å². The molecule has 0 radical (unpaired) electrons. The summed E-state index contributed by atoms with van der Waals surface area (Å²) in [7, 11) is 1.45. The van der Waals surface area contributed by atoms with Crippen LogP contribution in [0.25, 0.3) is 0 Å². The van der Waals surface area contributed by atoms with Crippen LogP contribution in [-0.4, -0.2) is 74.2 Å². The maximum Gasteiger partial charge on any atom is 0.390 e.